The van der Waals surface area contributed by atoms with Gasteiger partial charge in [0.05, 0.1) is 11.3 Å². The summed E-state index contributed by atoms with van der Waals surface area (Å²) in [7, 11) is 0. The monoisotopic (exact) mass is 371 g/mol. The number of rotatable bonds is 4. The lowest BCUT2D eigenvalue weighted by Crippen LogP contribution is -2.45. The minimum atomic E-state index is -0.954. The van der Waals surface area contributed by atoms with Crippen LogP contribution >= 0.6 is 0 Å². The highest BCUT2D eigenvalue weighted by atomic mass is 16.6. The summed E-state index contributed by atoms with van der Waals surface area (Å²) >= 11 is 0. The number of hydrogen-bond donors (Lipinski definition) is 2. The van der Waals surface area contributed by atoms with Gasteiger partial charge in [-0.25, -0.2) is 9.78 Å². The molecule has 2 aromatic rings. The van der Waals surface area contributed by atoms with Crippen molar-refractivity contribution in [1.82, 2.24) is 9.55 Å². The minimum Gasteiger partial charge on any atom is -0.478 e. The first-order valence-corrected chi connectivity index (χ1v) is 9.02. The Labute approximate surface area is 158 Å². The number of aromatic carboxylic acids is 1. The second-order valence-corrected chi connectivity index (χ2v) is 7.93. The molecule has 0 spiro atoms. The van der Waals surface area contributed by atoms with E-state index in [9.17, 15) is 9.59 Å². The van der Waals surface area contributed by atoms with Gasteiger partial charge in [-0.2, -0.15) is 0 Å². The molecule has 2 heterocycles. The topological polar surface area (TPSA) is 107 Å². The van der Waals surface area contributed by atoms with Crippen LogP contribution in [0, 0.1) is 5.92 Å². The van der Waals surface area contributed by atoms with Gasteiger partial charge in [0.15, 0.2) is 0 Å². The van der Waals surface area contributed by atoms with Crippen molar-refractivity contribution in [1.29, 1.82) is 0 Å². The summed E-state index contributed by atoms with van der Waals surface area (Å²) in [4.78, 5) is 27.9. The molecule has 1 aliphatic rings. The highest BCUT2D eigenvalue weighted by molar-refractivity contribution is 5.88. The standard InChI is InChI=1S/C20H25N3O4/c1-20(2,3)27-19(26)17(21)14-8-9-23-11-15(22-16(23)10-14)12-4-6-13(7-5-12)18(24)25/h4-7,11,14,17H,8-10,21H2,1-3H3,(H,24,25). The van der Waals surface area contributed by atoms with Crippen molar-refractivity contribution < 1.29 is 19.4 Å². The number of nitrogens with zero attached hydrogens (tertiary/aromatic N) is 2. The van der Waals surface area contributed by atoms with Crippen molar-refractivity contribution >= 4 is 11.9 Å². The number of carbonyl (C=O) groups is 2. The molecule has 27 heavy (non-hydrogen) atoms. The van der Waals surface area contributed by atoms with Crippen molar-refractivity contribution in [2.75, 3.05) is 0 Å². The number of carbonyl (C=O) groups excluding carboxylic acids is 1. The second-order valence-electron chi connectivity index (χ2n) is 7.93. The minimum absolute atomic E-state index is 0.0167. The van der Waals surface area contributed by atoms with Crippen LogP contribution < -0.4 is 5.73 Å². The number of benzene rings is 1. The van der Waals surface area contributed by atoms with Crippen LogP contribution in [0.3, 0.4) is 0 Å². The van der Waals surface area contributed by atoms with Crippen LogP contribution in [0.5, 0.6) is 0 Å². The van der Waals surface area contributed by atoms with Gasteiger partial charge in [0.1, 0.15) is 17.5 Å². The van der Waals surface area contributed by atoms with E-state index >= 15 is 0 Å². The number of carboxylic acid groups (broad SMARTS) is 1. The summed E-state index contributed by atoms with van der Waals surface area (Å²) in [5.41, 5.74) is 7.48. The smallest absolute Gasteiger partial charge is 0.335 e. The molecule has 0 fully saturated rings. The van der Waals surface area contributed by atoms with Gasteiger partial charge >= 0.3 is 11.9 Å². The van der Waals surface area contributed by atoms with Crippen molar-refractivity contribution in [2.24, 2.45) is 11.7 Å². The van der Waals surface area contributed by atoms with Crippen molar-refractivity contribution in [3.8, 4) is 11.3 Å². The van der Waals surface area contributed by atoms with Crippen LogP contribution in [0.4, 0.5) is 0 Å². The number of imidazole rings is 1. The summed E-state index contributed by atoms with van der Waals surface area (Å²) in [5.74, 6) is -0.471. The zero-order valence-electron chi connectivity index (χ0n) is 15.8. The molecule has 0 saturated carbocycles. The molecule has 2 unspecified atom stereocenters. The third-order valence-corrected chi connectivity index (χ3v) is 4.66. The Morgan fingerprint density at radius 2 is 1.96 bits per heavy atom. The molecule has 0 aliphatic carbocycles. The number of fused-ring (bicyclic) bond motifs is 1. The first kappa shape index (κ1) is 19.1. The molecule has 3 rings (SSSR count). The summed E-state index contributed by atoms with van der Waals surface area (Å²) < 4.78 is 7.47. The number of carboxylic acids is 1. The Hall–Kier alpha value is -2.67. The number of ether oxygens (including phenoxy) is 1. The summed E-state index contributed by atoms with van der Waals surface area (Å²) in [5, 5.41) is 9.01. The lowest BCUT2D eigenvalue weighted by Gasteiger charge is -2.29. The zero-order chi connectivity index (χ0) is 19.8. The van der Waals surface area contributed by atoms with Crippen molar-refractivity contribution in [2.45, 2.75) is 51.8 Å². The zero-order valence-corrected chi connectivity index (χ0v) is 15.8. The number of aromatic nitrogens is 2. The van der Waals surface area contributed by atoms with E-state index in [1.807, 2.05) is 27.0 Å². The van der Waals surface area contributed by atoms with Gasteiger partial charge in [0.25, 0.3) is 0 Å². The highest BCUT2D eigenvalue weighted by Crippen LogP contribution is 2.27. The van der Waals surface area contributed by atoms with Gasteiger partial charge in [-0.05, 0) is 45.2 Å². The van der Waals surface area contributed by atoms with Crippen molar-refractivity contribution in [3.63, 3.8) is 0 Å². The average Bonchev–Trinajstić information content (AvgIpc) is 3.02. The van der Waals surface area contributed by atoms with E-state index in [0.29, 0.717) is 6.42 Å². The maximum absolute atomic E-state index is 12.3. The van der Waals surface area contributed by atoms with E-state index < -0.39 is 17.6 Å². The van der Waals surface area contributed by atoms with Gasteiger partial charge in [-0.1, -0.05) is 12.1 Å². The van der Waals surface area contributed by atoms with Gasteiger partial charge in [-0.3, -0.25) is 4.79 Å². The molecule has 144 valence electrons. The van der Waals surface area contributed by atoms with E-state index in [4.69, 9.17) is 15.6 Å². The van der Waals surface area contributed by atoms with E-state index in [1.54, 1.807) is 24.3 Å². The van der Waals surface area contributed by atoms with Gasteiger partial charge in [0, 0.05) is 24.7 Å². The lowest BCUT2D eigenvalue weighted by molar-refractivity contribution is -0.158. The molecule has 0 saturated heterocycles. The fourth-order valence-corrected chi connectivity index (χ4v) is 3.24. The fourth-order valence-electron chi connectivity index (χ4n) is 3.24. The predicted molar refractivity (Wildman–Crippen MR) is 100 cm³/mol. The van der Waals surface area contributed by atoms with Crippen LogP contribution in [0.1, 0.15) is 43.4 Å². The van der Waals surface area contributed by atoms with Gasteiger partial charge in [0.2, 0.25) is 0 Å². The molecular formula is C20H25N3O4. The second kappa shape index (κ2) is 7.15. The number of nitrogens with two attached hydrogens (primary N) is 1. The Kier molecular flexibility index (Phi) is 5.06. The van der Waals surface area contributed by atoms with E-state index in [0.717, 1.165) is 30.0 Å². The van der Waals surface area contributed by atoms with Crippen LogP contribution in [0.2, 0.25) is 0 Å². The van der Waals surface area contributed by atoms with Gasteiger partial charge < -0.3 is 20.1 Å². The molecule has 7 nitrogen and oxygen atoms in total. The molecule has 2 atom stereocenters. The number of esters is 1. The Balaban J connectivity index is 1.73. The Bertz CT molecular complexity index is 849. The van der Waals surface area contributed by atoms with Crippen LogP contribution in [0.15, 0.2) is 30.5 Å². The third kappa shape index (κ3) is 4.36. The molecular weight excluding hydrogens is 346 g/mol. The van der Waals surface area contributed by atoms with Crippen LogP contribution in [0.25, 0.3) is 11.3 Å². The molecule has 0 radical (unpaired) electrons. The average molecular weight is 371 g/mol. The van der Waals surface area contributed by atoms with Gasteiger partial charge in [-0.15, -0.1) is 0 Å². The molecule has 0 amide bonds. The summed E-state index contributed by atoms with van der Waals surface area (Å²) in [6, 6.07) is 5.96. The quantitative estimate of drug-likeness (QED) is 0.800. The van der Waals surface area contributed by atoms with E-state index in [2.05, 4.69) is 9.55 Å². The molecule has 3 N–H and O–H groups in total. The third-order valence-electron chi connectivity index (χ3n) is 4.66. The normalized spacial score (nSPS) is 17.9. The molecule has 1 aliphatic heterocycles. The molecule has 7 heteroatoms. The van der Waals surface area contributed by atoms with E-state index in [1.165, 1.54) is 0 Å². The van der Waals surface area contributed by atoms with Crippen molar-refractivity contribution in [3.05, 3.63) is 41.9 Å². The fraction of sp³-hybridized carbons (Fsp3) is 0.450. The lowest BCUT2D eigenvalue weighted by atomic mass is 9.90. The van der Waals surface area contributed by atoms with E-state index in [-0.39, 0.29) is 17.5 Å². The highest BCUT2D eigenvalue weighted by Gasteiger charge is 2.32. The summed E-state index contributed by atoms with van der Waals surface area (Å²) in [6.07, 6.45) is 3.34. The Morgan fingerprint density at radius 1 is 1.30 bits per heavy atom. The molecule has 0 bridgehead atoms. The largest absolute Gasteiger partial charge is 0.478 e. The maximum atomic E-state index is 12.3. The Morgan fingerprint density at radius 3 is 2.56 bits per heavy atom. The van der Waals surface area contributed by atoms with Crippen LogP contribution in [-0.4, -0.2) is 38.2 Å². The first-order chi connectivity index (χ1) is 12.6. The predicted octanol–water partition coefficient (Wildman–Crippen LogP) is 2.48. The SMILES string of the molecule is CC(C)(C)OC(=O)C(N)C1CCn2cc(-c3ccc(C(=O)O)cc3)nc2C1. The maximum Gasteiger partial charge on any atom is 0.335 e. The molecule has 1 aromatic carbocycles. The number of aryl methyl sites for hydroxylation is 1. The summed E-state index contributed by atoms with van der Waals surface area (Å²) in [6.45, 7) is 6.21. The first-order valence-electron chi connectivity index (χ1n) is 9.02. The van der Waals surface area contributed by atoms with Crippen LogP contribution in [-0.2, 0) is 22.5 Å². The molecule has 1 aromatic heterocycles. The number of hydrogen-bond acceptors (Lipinski definition) is 5.